The maximum atomic E-state index is 13.1. The Balaban J connectivity index is 1.39. The number of carboxylic acid groups (broad SMARTS) is 1. The number of benzene rings is 2. The first-order valence-electron chi connectivity index (χ1n) is 18.4. The van der Waals surface area contributed by atoms with Crippen molar-refractivity contribution < 1.29 is 57.6 Å². The van der Waals surface area contributed by atoms with Crippen LogP contribution >= 0.6 is 11.8 Å². The van der Waals surface area contributed by atoms with Gasteiger partial charge in [-0.25, -0.2) is 19.2 Å². The first kappa shape index (κ1) is 43.5. The number of unbranched alkanes of at least 4 members (excludes halogenated alkanes) is 1. The summed E-state index contributed by atoms with van der Waals surface area (Å²) in [4.78, 5) is 73.7. The molecule has 0 aromatic heterocycles. The van der Waals surface area contributed by atoms with E-state index in [1.54, 1.807) is 65.8 Å². The maximum absolute atomic E-state index is 13.1. The molecule has 4 rings (SSSR count). The van der Waals surface area contributed by atoms with Gasteiger partial charge in [-0.3, -0.25) is 9.59 Å². The number of aliphatic carboxylic acids is 1. The lowest BCUT2D eigenvalue weighted by atomic mass is 10.0. The number of hydrogen-bond donors (Lipinski definition) is 5. The summed E-state index contributed by atoms with van der Waals surface area (Å²) >= 11 is 1.84. The Kier molecular flexibility index (Phi) is 15.2. The zero-order chi connectivity index (χ0) is 41.0. The van der Waals surface area contributed by atoms with Crippen molar-refractivity contribution in [1.82, 2.24) is 21.3 Å². The molecule has 2 aliphatic rings. The number of amides is 4. The average molecular weight is 801 g/mol. The molecular formula is C39H52N4O12S. The Labute approximate surface area is 330 Å². The van der Waals surface area contributed by atoms with Crippen molar-refractivity contribution in [2.75, 3.05) is 38.7 Å². The fourth-order valence-electron chi connectivity index (χ4n) is 5.93. The van der Waals surface area contributed by atoms with Crippen LogP contribution in [0.3, 0.4) is 0 Å². The van der Waals surface area contributed by atoms with Crippen molar-refractivity contribution in [2.45, 2.75) is 95.8 Å². The standard InChI is InChI=1S/C39H52N4O12S/c1-38(2,3)54-32(47)20-52-28-18-25(17-27(51-19-31(45)46)35(28)53-21-33(48)55-39(4,5)6)23-10-9-11-24(16-23)36(49)41-15-14-40-30(44)13-8-7-12-29-34-26(22-56-29)42-37(50)43-34/h9-11,16-18,26,29,34H,7-8,12-15,19-22H2,1-6H3,(H,40,44)(H,41,49)(H,45,46)(H2,42,43,50)/t26-,29-,34-/m0/s1. The number of urea groups is 1. The summed E-state index contributed by atoms with van der Waals surface area (Å²) < 4.78 is 27.8. The quantitative estimate of drug-likeness (QED) is 0.0777. The van der Waals surface area contributed by atoms with Crippen LogP contribution in [0.15, 0.2) is 36.4 Å². The van der Waals surface area contributed by atoms with E-state index in [1.807, 2.05) is 11.8 Å². The number of hydrogen-bond acceptors (Lipinski definition) is 12. The third-order valence-electron chi connectivity index (χ3n) is 8.16. The lowest BCUT2D eigenvalue weighted by molar-refractivity contribution is -0.158. The molecule has 0 bridgehead atoms. The smallest absolute Gasteiger partial charge is 0.344 e. The number of nitrogens with one attached hydrogen (secondary N) is 4. The van der Waals surface area contributed by atoms with Gasteiger partial charge in [0, 0.05) is 36.1 Å². The largest absolute Gasteiger partial charge is 0.479 e. The molecule has 3 atom stereocenters. The fraction of sp³-hybridized carbons (Fsp3) is 0.538. The summed E-state index contributed by atoms with van der Waals surface area (Å²) in [6.45, 7) is 8.67. The van der Waals surface area contributed by atoms with Crippen LogP contribution in [0, 0.1) is 0 Å². The van der Waals surface area contributed by atoms with Gasteiger partial charge >= 0.3 is 23.9 Å². The van der Waals surface area contributed by atoms with E-state index in [0.29, 0.717) is 34.8 Å². The Morgan fingerprint density at radius 2 is 1.43 bits per heavy atom. The monoisotopic (exact) mass is 800 g/mol. The minimum absolute atomic E-state index is 0.0615. The Morgan fingerprint density at radius 3 is 2.07 bits per heavy atom. The van der Waals surface area contributed by atoms with E-state index in [2.05, 4.69) is 21.3 Å². The summed E-state index contributed by atoms with van der Waals surface area (Å²) in [6.07, 6.45) is 2.86. The molecule has 56 heavy (non-hydrogen) atoms. The van der Waals surface area contributed by atoms with Gasteiger partial charge in [-0.15, -0.1) is 0 Å². The van der Waals surface area contributed by atoms with Crippen molar-refractivity contribution in [3.05, 3.63) is 42.0 Å². The van der Waals surface area contributed by atoms with Crippen molar-refractivity contribution >= 4 is 47.5 Å². The molecule has 2 heterocycles. The molecule has 0 radical (unpaired) electrons. The fourth-order valence-corrected chi connectivity index (χ4v) is 7.48. The van der Waals surface area contributed by atoms with Crippen molar-refractivity contribution in [3.63, 3.8) is 0 Å². The van der Waals surface area contributed by atoms with Crippen LogP contribution in [0.25, 0.3) is 11.1 Å². The molecule has 5 N–H and O–H groups in total. The van der Waals surface area contributed by atoms with Gasteiger partial charge in [0.15, 0.2) is 31.3 Å². The maximum Gasteiger partial charge on any atom is 0.344 e. The van der Waals surface area contributed by atoms with E-state index in [-0.39, 0.29) is 54.4 Å². The molecule has 2 fully saturated rings. The second-order valence-electron chi connectivity index (χ2n) is 15.3. The molecule has 2 aromatic rings. The normalized spacial score (nSPS) is 17.5. The van der Waals surface area contributed by atoms with Gasteiger partial charge in [0.2, 0.25) is 11.7 Å². The molecule has 17 heteroatoms. The highest BCUT2D eigenvalue weighted by Gasteiger charge is 2.42. The molecule has 2 aliphatic heterocycles. The highest BCUT2D eigenvalue weighted by atomic mass is 32.2. The van der Waals surface area contributed by atoms with Gasteiger partial charge < -0.3 is 50.1 Å². The predicted octanol–water partition coefficient (Wildman–Crippen LogP) is 3.83. The highest BCUT2D eigenvalue weighted by molar-refractivity contribution is 8.00. The second kappa shape index (κ2) is 19.6. The molecule has 0 saturated carbocycles. The summed E-state index contributed by atoms with van der Waals surface area (Å²) in [5.41, 5.74) is -0.389. The van der Waals surface area contributed by atoms with Gasteiger partial charge in [0.05, 0.1) is 12.1 Å². The lowest BCUT2D eigenvalue weighted by Gasteiger charge is -2.22. The van der Waals surface area contributed by atoms with Crippen molar-refractivity contribution in [3.8, 4) is 28.4 Å². The number of carbonyl (C=O) groups is 6. The third kappa shape index (κ3) is 14.1. The van der Waals surface area contributed by atoms with E-state index in [1.165, 1.54) is 12.1 Å². The summed E-state index contributed by atoms with van der Waals surface area (Å²) in [5, 5.41) is 21.2. The van der Waals surface area contributed by atoms with Crippen LogP contribution in [0.4, 0.5) is 4.79 Å². The molecule has 0 spiro atoms. The van der Waals surface area contributed by atoms with E-state index in [0.717, 1.165) is 18.6 Å². The molecule has 0 aliphatic carbocycles. The van der Waals surface area contributed by atoms with Crippen LogP contribution in [0.1, 0.15) is 77.6 Å². The average Bonchev–Trinajstić information content (AvgIpc) is 3.66. The number of ether oxygens (including phenoxy) is 5. The molecule has 16 nitrogen and oxygen atoms in total. The molecule has 306 valence electrons. The van der Waals surface area contributed by atoms with E-state index < -0.39 is 54.8 Å². The number of thioether (sulfide) groups is 1. The van der Waals surface area contributed by atoms with Crippen LogP contribution in [0.5, 0.6) is 17.2 Å². The third-order valence-corrected chi connectivity index (χ3v) is 9.67. The van der Waals surface area contributed by atoms with Crippen LogP contribution in [-0.2, 0) is 28.7 Å². The van der Waals surface area contributed by atoms with Crippen molar-refractivity contribution in [1.29, 1.82) is 0 Å². The van der Waals surface area contributed by atoms with Crippen LogP contribution in [0.2, 0.25) is 0 Å². The Hall–Kier alpha value is -5.19. The van der Waals surface area contributed by atoms with Crippen molar-refractivity contribution in [2.24, 2.45) is 0 Å². The van der Waals surface area contributed by atoms with E-state index >= 15 is 0 Å². The van der Waals surface area contributed by atoms with Gasteiger partial charge in [-0.2, -0.15) is 11.8 Å². The number of fused-ring (bicyclic) bond motifs is 1. The van der Waals surface area contributed by atoms with Gasteiger partial charge in [-0.05, 0) is 89.8 Å². The topological polar surface area (TPSA) is 217 Å². The van der Waals surface area contributed by atoms with Gasteiger partial charge in [0.1, 0.15) is 11.2 Å². The molecular weight excluding hydrogens is 749 g/mol. The number of rotatable bonds is 19. The summed E-state index contributed by atoms with van der Waals surface area (Å²) in [7, 11) is 0. The first-order chi connectivity index (χ1) is 26.4. The number of carboxylic acids is 1. The Bertz CT molecular complexity index is 1760. The van der Waals surface area contributed by atoms with Gasteiger partial charge in [0.25, 0.3) is 5.91 Å². The first-order valence-corrected chi connectivity index (χ1v) is 19.5. The highest BCUT2D eigenvalue weighted by Crippen LogP contribution is 2.42. The zero-order valence-electron chi connectivity index (χ0n) is 32.6. The second-order valence-corrected chi connectivity index (χ2v) is 16.6. The SMILES string of the molecule is CC(C)(C)OC(=O)COc1cc(-c2cccc(C(=O)NCCNC(=O)CCCC[C@@H]3SC[C@@H]4NC(=O)N[C@@H]43)c2)cc(OCC(=O)O)c1OCC(=O)OC(C)(C)C. The zero-order valence-corrected chi connectivity index (χ0v) is 33.4. The summed E-state index contributed by atoms with van der Waals surface area (Å²) in [6, 6.07) is 9.73. The number of carbonyl (C=O) groups excluding carboxylic acids is 5. The number of esters is 2. The van der Waals surface area contributed by atoms with Crippen LogP contribution < -0.4 is 35.5 Å². The predicted molar refractivity (Wildman–Crippen MR) is 207 cm³/mol. The Morgan fingerprint density at radius 1 is 0.804 bits per heavy atom. The molecule has 0 unspecified atom stereocenters. The van der Waals surface area contributed by atoms with Gasteiger partial charge in [-0.1, -0.05) is 18.6 Å². The minimum atomic E-state index is -1.28. The van der Waals surface area contributed by atoms with E-state index in [4.69, 9.17) is 23.7 Å². The van der Waals surface area contributed by atoms with Crippen LogP contribution in [-0.4, -0.2) is 108 Å². The molecule has 2 aromatic carbocycles. The minimum Gasteiger partial charge on any atom is -0.479 e. The van der Waals surface area contributed by atoms with E-state index in [9.17, 15) is 33.9 Å². The lowest BCUT2D eigenvalue weighted by Crippen LogP contribution is -2.36. The molecule has 2 saturated heterocycles. The summed E-state index contributed by atoms with van der Waals surface area (Å²) in [5.74, 6) is -2.63. The molecule has 4 amide bonds.